The number of halogens is 1. The molecule has 8 nitrogen and oxygen atoms in total. The summed E-state index contributed by atoms with van der Waals surface area (Å²) in [6.45, 7) is 3.68. The first-order valence-electron chi connectivity index (χ1n) is 9.64. The van der Waals surface area contributed by atoms with Gasteiger partial charge in [-0.15, -0.1) is 0 Å². The Morgan fingerprint density at radius 2 is 1.94 bits per heavy atom. The lowest BCUT2D eigenvalue weighted by Crippen LogP contribution is -2.12. The predicted molar refractivity (Wildman–Crippen MR) is 119 cm³/mol. The maximum atomic E-state index is 12.4. The first-order chi connectivity index (χ1) is 14.8. The number of nitrogens with zero attached hydrogens (tertiary/aromatic N) is 2. The number of nitrogens with one attached hydrogen (secondary N) is 2. The third-order valence-corrected chi connectivity index (χ3v) is 4.92. The van der Waals surface area contributed by atoms with Gasteiger partial charge in [-0.25, -0.2) is 9.48 Å². The summed E-state index contributed by atoms with van der Waals surface area (Å²) in [4.78, 5) is 24.1. The van der Waals surface area contributed by atoms with Crippen LogP contribution in [0.1, 0.15) is 35.0 Å². The van der Waals surface area contributed by atoms with Gasteiger partial charge >= 0.3 is 5.97 Å². The largest absolute Gasteiger partial charge is 0.504 e. The topological polar surface area (TPSA) is 105 Å². The van der Waals surface area contributed by atoms with Crippen LogP contribution in [0.5, 0.6) is 5.75 Å². The number of phenolic OH excluding ortho intramolecular Hbond substituents is 1. The van der Waals surface area contributed by atoms with Crippen molar-refractivity contribution in [1.82, 2.24) is 9.78 Å². The highest BCUT2D eigenvalue weighted by molar-refractivity contribution is 6.32. The van der Waals surface area contributed by atoms with E-state index in [1.165, 1.54) is 7.11 Å². The summed E-state index contributed by atoms with van der Waals surface area (Å²) in [5.41, 5.74) is 2.50. The first kappa shape index (κ1) is 22.2. The Labute approximate surface area is 184 Å². The molecule has 0 saturated carbocycles. The molecule has 0 aliphatic heterocycles. The van der Waals surface area contributed by atoms with Gasteiger partial charge in [0, 0.05) is 13.0 Å². The molecule has 0 atom stereocenters. The fourth-order valence-corrected chi connectivity index (χ4v) is 3.31. The lowest BCUT2D eigenvalue weighted by atomic mass is 10.1. The van der Waals surface area contributed by atoms with Gasteiger partial charge in [-0.05, 0) is 36.8 Å². The van der Waals surface area contributed by atoms with Crippen LogP contribution in [0.4, 0.5) is 11.5 Å². The van der Waals surface area contributed by atoms with Crippen LogP contribution in [0.25, 0.3) is 5.69 Å². The van der Waals surface area contributed by atoms with Gasteiger partial charge in [-0.3, -0.25) is 4.79 Å². The lowest BCUT2D eigenvalue weighted by molar-refractivity contribution is -0.115. The molecule has 0 aliphatic carbocycles. The van der Waals surface area contributed by atoms with Crippen LogP contribution < -0.4 is 10.6 Å². The van der Waals surface area contributed by atoms with E-state index in [9.17, 15) is 14.7 Å². The molecule has 1 amide bonds. The van der Waals surface area contributed by atoms with E-state index in [1.54, 1.807) is 30.7 Å². The number of amides is 1. The van der Waals surface area contributed by atoms with Crippen molar-refractivity contribution in [2.45, 2.75) is 26.8 Å². The molecule has 1 aromatic heterocycles. The van der Waals surface area contributed by atoms with Crippen molar-refractivity contribution < 1.29 is 19.4 Å². The molecule has 0 radical (unpaired) electrons. The lowest BCUT2D eigenvalue weighted by Gasteiger charge is -2.14. The Morgan fingerprint density at radius 1 is 1.23 bits per heavy atom. The standard InChI is InChI=1S/C22H23ClN4O4/c1-4-18(28)25-17-11-14(10-16(23)20(17)29)12-24-21-19(22(30)31-3)13(2)26-27(21)15-8-6-5-7-9-15/h5-11,24,29H,4,12H2,1-3H3,(H,25,28). The number of esters is 1. The Balaban J connectivity index is 1.98. The predicted octanol–water partition coefficient (Wildman–Crippen LogP) is 4.29. The molecule has 0 aliphatic rings. The summed E-state index contributed by atoms with van der Waals surface area (Å²) < 4.78 is 6.56. The number of aryl methyl sites for hydroxylation is 1. The highest BCUT2D eigenvalue weighted by Crippen LogP contribution is 2.34. The number of carbonyl (C=O) groups excluding carboxylic acids is 2. The van der Waals surface area contributed by atoms with Gasteiger partial charge in [0.15, 0.2) is 5.75 Å². The quantitative estimate of drug-likeness (QED) is 0.372. The van der Waals surface area contributed by atoms with Gasteiger partial charge in [-0.2, -0.15) is 5.10 Å². The summed E-state index contributed by atoms with van der Waals surface area (Å²) in [5.74, 6) is -0.504. The summed E-state index contributed by atoms with van der Waals surface area (Å²) in [7, 11) is 1.31. The van der Waals surface area contributed by atoms with Crippen molar-refractivity contribution in [2.24, 2.45) is 0 Å². The number of rotatable bonds is 7. The van der Waals surface area contributed by atoms with Gasteiger partial charge in [0.2, 0.25) is 5.91 Å². The van der Waals surface area contributed by atoms with Crippen molar-refractivity contribution in [2.75, 3.05) is 17.7 Å². The molecule has 0 bridgehead atoms. The first-order valence-corrected chi connectivity index (χ1v) is 10.0. The number of aromatic nitrogens is 2. The molecular formula is C22H23ClN4O4. The number of benzene rings is 2. The number of methoxy groups -OCH3 is 1. The highest BCUT2D eigenvalue weighted by Gasteiger charge is 2.23. The van der Waals surface area contributed by atoms with Crippen LogP contribution in [0.15, 0.2) is 42.5 Å². The van der Waals surface area contributed by atoms with Crippen LogP contribution >= 0.6 is 11.6 Å². The van der Waals surface area contributed by atoms with Crippen LogP contribution in [-0.4, -0.2) is 33.9 Å². The van der Waals surface area contributed by atoms with Crippen LogP contribution in [0.3, 0.4) is 0 Å². The molecule has 0 spiro atoms. The van der Waals surface area contributed by atoms with Gasteiger partial charge in [0.05, 0.1) is 29.2 Å². The molecule has 162 valence electrons. The molecule has 3 aromatic rings. The van der Waals surface area contributed by atoms with E-state index in [2.05, 4.69) is 15.7 Å². The number of hydrogen-bond acceptors (Lipinski definition) is 6. The van der Waals surface area contributed by atoms with E-state index in [-0.39, 0.29) is 35.3 Å². The van der Waals surface area contributed by atoms with E-state index in [4.69, 9.17) is 16.3 Å². The van der Waals surface area contributed by atoms with Gasteiger partial charge in [0.25, 0.3) is 0 Å². The molecule has 31 heavy (non-hydrogen) atoms. The fourth-order valence-electron chi connectivity index (χ4n) is 3.07. The van der Waals surface area contributed by atoms with Crippen LogP contribution in [0, 0.1) is 6.92 Å². The highest BCUT2D eigenvalue weighted by atomic mass is 35.5. The molecule has 2 aromatic carbocycles. The molecule has 0 saturated heterocycles. The average molecular weight is 443 g/mol. The van der Waals surface area contributed by atoms with E-state index in [1.807, 2.05) is 30.3 Å². The van der Waals surface area contributed by atoms with Crippen molar-refractivity contribution in [1.29, 1.82) is 0 Å². The number of aromatic hydroxyl groups is 1. The summed E-state index contributed by atoms with van der Waals surface area (Å²) in [5, 5.41) is 20.6. The second-order valence-electron chi connectivity index (χ2n) is 6.78. The molecular weight excluding hydrogens is 420 g/mol. The van der Waals surface area contributed by atoms with Crippen molar-refractivity contribution in [3.63, 3.8) is 0 Å². The van der Waals surface area contributed by atoms with E-state index >= 15 is 0 Å². The molecule has 9 heteroatoms. The smallest absolute Gasteiger partial charge is 0.343 e. The Kier molecular flexibility index (Phi) is 6.81. The minimum atomic E-state index is -0.512. The van der Waals surface area contributed by atoms with Crippen LogP contribution in [0.2, 0.25) is 5.02 Å². The summed E-state index contributed by atoms with van der Waals surface area (Å²) >= 11 is 6.14. The zero-order valence-electron chi connectivity index (χ0n) is 17.4. The Hall–Kier alpha value is -3.52. The summed E-state index contributed by atoms with van der Waals surface area (Å²) in [6, 6.07) is 12.6. The average Bonchev–Trinajstić information content (AvgIpc) is 3.11. The second-order valence-corrected chi connectivity index (χ2v) is 7.18. The van der Waals surface area contributed by atoms with Crippen molar-refractivity contribution >= 4 is 35.0 Å². The summed E-state index contributed by atoms with van der Waals surface area (Å²) in [6.07, 6.45) is 0.261. The zero-order valence-corrected chi connectivity index (χ0v) is 18.2. The Bertz CT molecular complexity index is 1110. The molecule has 1 heterocycles. The SMILES string of the molecule is CCC(=O)Nc1cc(CNc2c(C(=O)OC)c(C)nn2-c2ccccc2)cc(Cl)c1O. The van der Waals surface area contributed by atoms with Crippen molar-refractivity contribution in [3.05, 3.63) is 64.3 Å². The van der Waals surface area contributed by atoms with E-state index in [0.717, 1.165) is 5.69 Å². The monoisotopic (exact) mass is 442 g/mol. The number of para-hydroxylation sites is 1. The maximum absolute atomic E-state index is 12.4. The minimum absolute atomic E-state index is 0.103. The van der Waals surface area contributed by atoms with Crippen LogP contribution in [-0.2, 0) is 16.1 Å². The van der Waals surface area contributed by atoms with Gasteiger partial charge < -0.3 is 20.5 Å². The van der Waals surface area contributed by atoms with E-state index < -0.39 is 5.97 Å². The normalized spacial score (nSPS) is 10.6. The minimum Gasteiger partial charge on any atom is -0.504 e. The number of anilines is 2. The Morgan fingerprint density at radius 3 is 2.58 bits per heavy atom. The van der Waals surface area contributed by atoms with E-state index in [0.29, 0.717) is 22.6 Å². The number of phenols is 1. The molecule has 3 rings (SSSR count). The number of hydrogen-bond donors (Lipinski definition) is 3. The fraction of sp³-hybridized carbons (Fsp3) is 0.227. The van der Waals surface area contributed by atoms with Gasteiger partial charge in [-0.1, -0.05) is 36.7 Å². The molecule has 0 fully saturated rings. The van der Waals surface area contributed by atoms with Gasteiger partial charge in [0.1, 0.15) is 11.4 Å². The number of carbonyl (C=O) groups is 2. The molecule has 0 unspecified atom stereocenters. The molecule has 3 N–H and O–H groups in total. The third-order valence-electron chi connectivity index (χ3n) is 4.63. The second kappa shape index (κ2) is 9.53. The number of ether oxygens (including phenoxy) is 1. The maximum Gasteiger partial charge on any atom is 0.343 e. The van der Waals surface area contributed by atoms with Crippen molar-refractivity contribution in [3.8, 4) is 11.4 Å². The third kappa shape index (κ3) is 4.80. The zero-order chi connectivity index (χ0) is 22.5.